The van der Waals surface area contributed by atoms with Gasteiger partial charge in [-0.2, -0.15) is 0 Å². The maximum absolute atomic E-state index is 5.28. The highest BCUT2D eigenvalue weighted by Crippen LogP contribution is 2.20. The molecule has 1 nitrogen and oxygen atoms in total. The van der Waals surface area contributed by atoms with Crippen molar-refractivity contribution in [1.29, 1.82) is 0 Å². The van der Waals surface area contributed by atoms with E-state index in [2.05, 4.69) is 29.4 Å². The Morgan fingerprint density at radius 1 is 1.70 bits per heavy atom. The van der Waals surface area contributed by atoms with Crippen LogP contribution in [0.3, 0.4) is 0 Å². The van der Waals surface area contributed by atoms with Crippen LogP contribution in [0, 0.1) is 5.41 Å². The Bertz CT molecular complexity index is 103. The first kappa shape index (κ1) is 10.2. The summed E-state index contributed by atoms with van der Waals surface area (Å²) in [6.07, 6.45) is 1.93. The third-order valence-corrected chi connectivity index (χ3v) is 2.71. The monoisotopic (exact) mass is 206 g/mol. The molecule has 1 unspecified atom stereocenters. The molecule has 0 aromatic heterocycles. The molecule has 0 radical (unpaired) electrons. The normalized spacial score (nSPS) is 16.3. The molecule has 0 saturated carbocycles. The second-order valence-corrected chi connectivity index (χ2v) is 3.19. The summed E-state index contributed by atoms with van der Waals surface area (Å²) in [5.74, 6) is 0. The molecule has 0 aliphatic rings. The van der Waals surface area contributed by atoms with Crippen molar-refractivity contribution in [2.45, 2.75) is 13.8 Å². The summed E-state index contributed by atoms with van der Waals surface area (Å²) in [5.41, 5.74) is 0.0933. The van der Waals surface area contributed by atoms with E-state index in [1.807, 2.05) is 13.0 Å². The summed E-state index contributed by atoms with van der Waals surface area (Å²) in [6, 6.07) is 0. The zero-order chi connectivity index (χ0) is 8.04. The summed E-state index contributed by atoms with van der Waals surface area (Å²) in [7, 11) is 0. The molecule has 0 amide bonds. The third-order valence-electron chi connectivity index (χ3n) is 1.43. The molecule has 1 atom stereocenters. The van der Waals surface area contributed by atoms with Gasteiger partial charge in [-0.25, -0.2) is 0 Å². The molecular weight excluding hydrogens is 192 g/mol. The van der Waals surface area contributed by atoms with Crippen molar-refractivity contribution >= 4 is 15.9 Å². The molecule has 0 saturated heterocycles. The predicted molar refractivity (Wildman–Crippen MR) is 48.6 cm³/mol. The van der Waals surface area contributed by atoms with E-state index < -0.39 is 0 Å². The van der Waals surface area contributed by atoms with E-state index in [0.29, 0.717) is 0 Å². The van der Waals surface area contributed by atoms with E-state index in [9.17, 15) is 0 Å². The zero-order valence-electron chi connectivity index (χ0n) is 6.69. The molecule has 0 aliphatic carbocycles. The van der Waals surface area contributed by atoms with Crippen LogP contribution in [0.4, 0.5) is 0 Å². The van der Waals surface area contributed by atoms with Crippen LogP contribution in [0.1, 0.15) is 13.8 Å². The van der Waals surface area contributed by atoms with E-state index in [0.717, 1.165) is 18.5 Å². The summed E-state index contributed by atoms with van der Waals surface area (Å²) in [6.45, 7) is 9.38. The van der Waals surface area contributed by atoms with Crippen molar-refractivity contribution < 1.29 is 4.74 Å². The van der Waals surface area contributed by atoms with Crippen molar-refractivity contribution in [3.05, 3.63) is 12.7 Å². The summed E-state index contributed by atoms with van der Waals surface area (Å²) in [4.78, 5) is 0. The zero-order valence-corrected chi connectivity index (χ0v) is 8.28. The fourth-order valence-corrected chi connectivity index (χ4v) is 0.878. The average molecular weight is 207 g/mol. The summed E-state index contributed by atoms with van der Waals surface area (Å²) >= 11 is 3.41. The van der Waals surface area contributed by atoms with Gasteiger partial charge in [0.05, 0.1) is 6.61 Å². The molecule has 60 valence electrons. The second kappa shape index (κ2) is 4.91. The first-order chi connectivity index (χ1) is 4.68. The van der Waals surface area contributed by atoms with E-state index >= 15 is 0 Å². The summed E-state index contributed by atoms with van der Waals surface area (Å²) < 4.78 is 5.28. The number of rotatable bonds is 5. The standard InChI is InChI=1S/C8H15BrO/c1-4-8(3,6-9)7-10-5-2/h4H,1,5-7H2,2-3H3. The number of alkyl halides is 1. The Kier molecular flexibility index (Phi) is 5.00. The molecule has 0 N–H and O–H groups in total. The van der Waals surface area contributed by atoms with Crippen LogP contribution in [0.2, 0.25) is 0 Å². The Labute approximate surface area is 71.6 Å². The van der Waals surface area contributed by atoms with Gasteiger partial charge in [0.1, 0.15) is 0 Å². The van der Waals surface area contributed by atoms with Crippen LogP contribution in [-0.2, 0) is 4.74 Å². The van der Waals surface area contributed by atoms with Gasteiger partial charge >= 0.3 is 0 Å². The lowest BCUT2D eigenvalue weighted by Gasteiger charge is -2.21. The van der Waals surface area contributed by atoms with Crippen molar-refractivity contribution in [3.63, 3.8) is 0 Å². The number of hydrogen-bond donors (Lipinski definition) is 0. The van der Waals surface area contributed by atoms with Gasteiger partial charge in [0, 0.05) is 17.4 Å². The largest absolute Gasteiger partial charge is 0.381 e. The highest BCUT2D eigenvalue weighted by Gasteiger charge is 2.17. The maximum Gasteiger partial charge on any atom is 0.0562 e. The first-order valence-electron chi connectivity index (χ1n) is 3.46. The fraction of sp³-hybridized carbons (Fsp3) is 0.750. The van der Waals surface area contributed by atoms with E-state index in [4.69, 9.17) is 4.74 Å². The number of halogens is 1. The molecule has 10 heavy (non-hydrogen) atoms. The molecule has 0 fully saturated rings. The van der Waals surface area contributed by atoms with Crippen LogP contribution in [0.5, 0.6) is 0 Å². The van der Waals surface area contributed by atoms with Gasteiger partial charge in [-0.15, -0.1) is 6.58 Å². The predicted octanol–water partition coefficient (Wildman–Crippen LogP) is 2.61. The Morgan fingerprint density at radius 3 is 2.60 bits per heavy atom. The van der Waals surface area contributed by atoms with Crippen molar-refractivity contribution in [1.82, 2.24) is 0 Å². The van der Waals surface area contributed by atoms with Crippen LogP contribution in [-0.4, -0.2) is 18.5 Å². The lowest BCUT2D eigenvalue weighted by Crippen LogP contribution is -2.22. The van der Waals surface area contributed by atoms with E-state index in [-0.39, 0.29) is 5.41 Å². The van der Waals surface area contributed by atoms with Crippen LogP contribution >= 0.6 is 15.9 Å². The Hall–Kier alpha value is 0.180. The number of hydrogen-bond acceptors (Lipinski definition) is 1. The van der Waals surface area contributed by atoms with Gasteiger partial charge in [-0.3, -0.25) is 0 Å². The Balaban J connectivity index is 3.68. The molecule has 0 spiro atoms. The van der Waals surface area contributed by atoms with Crippen LogP contribution < -0.4 is 0 Å². The Morgan fingerprint density at radius 2 is 2.30 bits per heavy atom. The summed E-state index contributed by atoms with van der Waals surface area (Å²) in [5, 5.41) is 0.906. The molecule has 0 bridgehead atoms. The lowest BCUT2D eigenvalue weighted by molar-refractivity contribution is 0.0962. The van der Waals surface area contributed by atoms with Gasteiger partial charge in [-0.1, -0.05) is 28.9 Å². The van der Waals surface area contributed by atoms with Crippen LogP contribution in [0.15, 0.2) is 12.7 Å². The average Bonchev–Trinajstić information content (AvgIpc) is 2.00. The topological polar surface area (TPSA) is 9.23 Å². The molecule has 0 aromatic rings. The van der Waals surface area contributed by atoms with Crippen LogP contribution in [0.25, 0.3) is 0 Å². The molecular formula is C8H15BrO. The smallest absolute Gasteiger partial charge is 0.0562 e. The highest BCUT2D eigenvalue weighted by atomic mass is 79.9. The minimum atomic E-state index is 0.0933. The molecule has 0 aromatic carbocycles. The number of ether oxygens (including phenoxy) is 1. The lowest BCUT2D eigenvalue weighted by atomic mass is 9.95. The first-order valence-corrected chi connectivity index (χ1v) is 4.58. The molecule has 2 heteroatoms. The van der Waals surface area contributed by atoms with Gasteiger partial charge in [0.2, 0.25) is 0 Å². The minimum Gasteiger partial charge on any atom is -0.381 e. The van der Waals surface area contributed by atoms with Crippen molar-refractivity contribution in [2.24, 2.45) is 5.41 Å². The van der Waals surface area contributed by atoms with Gasteiger partial charge in [-0.05, 0) is 6.92 Å². The van der Waals surface area contributed by atoms with Crippen molar-refractivity contribution in [2.75, 3.05) is 18.5 Å². The SMILES string of the molecule is C=CC(C)(CBr)COCC. The van der Waals surface area contributed by atoms with Gasteiger partial charge < -0.3 is 4.74 Å². The third kappa shape index (κ3) is 3.37. The van der Waals surface area contributed by atoms with Gasteiger partial charge in [0.25, 0.3) is 0 Å². The fourth-order valence-electron chi connectivity index (χ4n) is 0.487. The molecule has 0 aliphatic heterocycles. The highest BCUT2D eigenvalue weighted by molar-refractivity contribution is 9.09. The van der Waals surface area contributed by atoms with Crippen molar-refractivity contribution in [3.8, 4) is 0 Å². The molecule has 0 heterocycles. The maximum atomic E-state index is 5.28. The van der Waals surface area contributed by atoms with E-state index in [1.54, 1.807) is 0 Å². The quantitative estimate of drug-likeness (QED) is 0.497. The minimum absolute atomic E-state index is 0.0933. The molecule has 0 rings (SSSR count). The van der Waals surface area contributed by atoms with E-state index in [1.165, 1.54) is 0 Å². The second-order valence-electron chi connectivity index (χ2n) is 2.63. The van der Waals surface area contributed by atoms with Gasteiger partial charge in [0.15, 0.2) is 0 Å².